The molecule has 11 heavy (non-hydrogen) atoms. The molecule has 0 atom stereocenters. The molecule has 1 rings (SSSR count). The van der Waals surface area contributed by atoms with Crippen LogP contribution in [0.5, 0.6) is 0 Å². The van der Waals surface area contributed by atoms with E-state index in [1.54, 1.807) is 6.07 Å². The summed E-state index contributed by atoms with van der Waals surface area (Å²) >= 11 is 0. The molecule has 0 aliphatic rings. The summed E-state index contributed by atoms with van der Waals surface area (Å²) in [5.41, 5.74) is 0.693. The lowest BCUT2D eigenvalue weighted by molar-refractivity contribution is 0.0979. The lowest BCUT2D eigenvalue weighted by Gasteiger charge is -1.93. The molecule has 0 spiro atoms. The maximum atomic E-state index is 11.2. The highest BCUT2D eigenvalue weighted by Crippen LogP contribution is 2.06. The molecule has 60 valence electrons. The van der Waals surface area contributed by atoms with Crippen molar-refractivity contribution in [2.45, 2.75) is 26.2 Å². The Balaban J connectivity index is 2.43. The average molecular weight is 152 g/mol. The topological polar surface area (TPSA) is 30.2 Å². The Morgan fingerprint density at radius 1 is 1.64 bits per heavy atom. The van der Waals surface area contributed by atoms with Crippen LogP contribution in [0.25, 0.3) is 0 Å². The van der Waals surface area contributed by atoms with Gasteiger partial charge in [-0.1, -0.05) is 13.3 Å². The van der Waals surface area contributed by atoms with E-state index in [0.29, 0.717) is 12.0 Å². The van der Waals surface area contributed by atoms with Gasteiger partial charge < -0.3 is 4.42 Å². The van der Waals surface area contributed by atoms with Crippen LogP contribution in [-0.4, -0.2) is 5.78 Å². The number of carbonyl (C=O) groups is 1. The Kier molecular flexibility index (Phi) is 2.90. The maximum Gasteiger partial charge on any atom is 0.166 e. The van der Waals surface area contributed by atoms with Crippen LogP contribution in [0.2, 0.25) is 0 Å². The second-order valence-electron chi connectivity index (χ2n) is 2.54. The number of furan rings is 1. The van der Waals surface area contributed by atoms with Crippen LogP contribution in [0.15, 0.2) is 23.0 Å². The van der Waals surface area contributed by atoms with Crippen molar-refractivity contribution in [1.82, 2.24) is 0 Å². The van der Waals surface area contributed by atoms with Gasteiger partial charge in [-0.25, -0.2) is 0 Å². The van der Waals surface area contributed by atoms with Crippen molar-refractivity contribution in [3.05, 3.63) is 24.2 Å². The van der Waals surface area contributed by atoms with Crippen LogP contribution in [0.3, 0.4) is 0 Å². The molecule has 0 amide bonds. The predicted molar refractivity (Wildman–Crippen MR) is 42.6 cm³/mol. The fourth-order valence-corrected chi connectivity index (χ4v) is 0.905. The number of hydrogen-bond donors (Lipinski definition) is 0. The molecule has 1 heterocycles. The molecule has 1 aromatic heterocycles. The van der Waals surface area contributed by atoms with Gasteiger partial charge >= 0.3 is 0 Å². The van der Waals surface area contributed by atoms with Gasteiger partial charge in [0.05, 0.1) is 11.8 Å². The second kappa shape index (κ2) is 3.96. The van der Waals surface area contributed by atoms with Gasteiger partial charge in [0.2, 0.25) is 0 Å². The molecule has 0 fully saturated rings. The van der Waals surface area contributed by atoms with Gasteiger partial charge in [0.25, 0.3) is 0 Å². The van der Waals surface area contributed by atoms with Gasteiger partial charge in [0, 0.05) is 6.42 Å². The molecule has 0 saturated carbocycles. The van der Waals surface area contributed by atoms with E-state index >= 15 is 0 Å². The zero-order valence-electron chi connectivity index (χ0n) is 6.67. The molecular weight excluding hydrogens is 140 g/mol. The third-order valence-electron chi connectivity index (χ3n) is 1.60. The standard InChI is InChI=1S/C9H12O2/c1-2-3-4-9(10)8-5-6-11-7-8/h5-7H,2-4H2,1H3. The minimum atomic E-state index is 0.181. The van der Waals surface area contributed by atoms with Crippen molar-refractivity contribution in [2.75, 3.05) is 0 Å². The molecule has 0 aliphatic carbocycles. The first-order valence-electron chi connectivity index (χ1n) is 3.90. The van der Waals surface area contributed by atoms with E-state index in [-0.39, 0.29) is 5.78 Å². The Bertz CT molecular complexity index is 211. The highest BCUT2D eigenvalue weighted by Gasteiger charge is 2.04. The smallest absolute Gasteiger partial charge is 0.166 e. The molecular formula is C9H12O2. The minimum absolute atomic E-state index is 0.181. The summed E-state index contributed by atoms with van der Waals surface area (Å²) in [4.78, 5) is 11.2. The lowest BCUT2D eigenvalue weighted by Crippen LogP contribution is -1.95. The molecule has 0 saturated heterocycles. The first-order chi connectivity index (χ1) is 5.34. The van der Waals surface area contributed by atoms with Gasteiger partial charge in [-0.2, -0.15) is 0 Å². The maximum absolute atomic E-state index is 11.2. The van der Waals surface area contributed by atoms with Crippen LogP contribution in [0, 0.1) is 0 Å². The van der Waals surface area contributed by atoms with E-state index in [4.69, 9.17) is 4.42 Å². The van der Waals surface area contributed by atoms with Gasteiger partial charge in [0.15, 0.2) is 5.78 Å². The summed E-state index contributed by atoms with van der Waals surface area (Å²) in [6.07, 6.45) is 5.68. The summed E-state index contributed by atoms with van der Waals surface area (Å²) in [6.45, 7) is 2.07. The molecule has 0 aliphatic heterocycles. The van der Waals surface area contributed by atoms with E-state index in [2.05, 4.69) is 6.92 Å². The SMILES string of the molecule is CCCCC(=O)c1ccoc1. The van der Waals surface area contributed by atoms with Crippen LogP contribution in [0.4, 0.5) is 0 Å². The third kappa shape index (κ3) is 2.22. The summed E-state index contributed by atoms with van der Waals surface area (Å²) in [5.74, 6) is 0.181. The fourth-order valence-electron chi connectivity index (χ4n) is 0.905. The van der Waals surface area contributed by atoms with Crippen LogP contribution in [0.1, 0.15) is 36.5 Å². The molecule has 0 N–H and O–H groups in total. The first-order valence-corrected chi connectivity index (χ1v) is 3.90. The highest BCUT2D eigenvalue weighted by atomic mass is 16.3. The normalized spacial score (nSPS) is 9.91. The molecule has 0 unspecified atom stereocenters. The fraction of sp³-hybridized carbons (Fsp3) is 0.444. The number of rotatable bonds is 4. The monoisotopic (exact) mass is 152 g/mol. The minimum Gasteiger partial charge on any atom is -0.472 e. The molecule has 2 heteroatoms. The van der Waals surface area contributed by atoms with Crippen LogP contribution < -0.4 is 0 Å². The van der Waals surface area contributed by atoms with Gasteiger partial charge in [-0.05, 0) is 12.5 Å². The van der Waals surface area contributed by atoms with Crippen LogP contribution >= 0.6 is 0 Å². The van der Waals surface area contributed by atoms with Crippen molar-refractivity contribution < 1.29 is 9.21 Å². The zero-order valence-corrected chi connectivity index (χ0v) is 6.67. The molecule has 0 aromatic carbocycles. The van der Waals surface area contributed by atoms with E-state index in [1.165, 1.54) is 12.5 Å². The van der Waals surface area contributed by atoms with Crippen molar-refractivity contribution >= 4 is 5.78 Å². The van der Waals surface area contributed by atoms with Crippen molar-refractivity contribution in [3.8, 4) is 0 Å². The van der Waals surface area contributed by atoms with Gasteiger partial charge in [0.1, 0.15) is 6.26 Å². The molecule has 1 aromatic rings. The van der Waals surface area contributed by atoms with Crippen molar-refractivity contribution in [1.29, 1.82) is 0 Å². The number of ketones is 1. The number of carbonyl (C=O) groups excluding carboxylic acids is 1. The lowest BCUT2D eigenvalue weighted by atomic mass is 10.1. The largest absolute Gasteiger partial charge is 0.472 e. The molecule has 2 nitrogen and oxygen atoms in total. The average Bonchev–Trinajstić information content (AvgIpc) is 2.52. The van der Waals surface area contributed by atoms with Crippen molar-refractivity contribution in [3.63, 3.8) is 0 Å². The molecule has 0 bridgehead atoms. The van der Waals surface area contributed by atoms with E-state index in [9.17, 15) is 4.79 Å². The summed E-state index contributed by atoms with van der Waals surface area (Å²) < 4.78 is 4.79. The Hall–Kier alpha value is -1.05. The van der Waals surface area contributed by atoms with Crippen LogP contribution in [-0.2, 0) is 0 Å². The van der Waals surface area contributed by atoms with E-state index in [0.717, 1.165) is 12.8 Å². The third-order valence-corrected chi connectivity index (χ3v) is 1.60. The van der Waals surface area contributed by atoms with E-state index in [1.807, 2.05) is 0 Å². The number of Topliss-reactive ketones (excluding diaryl/α,β-unsaturated/α-hetero) is 1. The predicted octanol–water partition coefficient (Wildman–Crippen LogP) is 2.65. The second-order valence-corrected chi connectivity index (χ2v) is 2.54. The first kappa shape index (κ1) is 8.05. The Labute approximate surface area is 66.2 Å². The summed E-state index contributed by atoms with van der Waals surface area (Å²) in [7, 11) is 0. The van der Waals surface area contributed by atoms with E-state index < -0.39 is 0 Å². The Morgan fingerprint density at radius 3 is 3.00 bits per heavy atom. The number of hydrogen-bond acceptors (Lipinski definition) is 2. The van der Waals surface area contributed by atoms with Gasteiger partial charge in [-0.15, -0.1) is 0 Å². The van der Waals surface area contributed by atoms with Gasteiger partial charge in [-0.3, -0.25) is 4.79 Å². The summed E-state index contributed by atoms with van der Waals surface area (Å²) in [6, 6.07) is 1.71. The van der Waals surface area contributed by atoms with Crippen molar-refractivity contribution in [2.24, 2.45) is 0 Å². The quantitative estimate of drug-likeness (QED) is 0.621. The Morgan fingerprint density at radius 2 is 2.45 bits per heavy atom. The summed E-state index contributed by atoms with van der Waals surface area (Å²) in [5, 5.41) is 0. The molecule has 0 radical (unpaired) electrons. The number of unbranched alkanes of at least 4 members (excludes halogenated alkanes) is 1. The highest BCUT2D eigenvalue weighted by molar-refractivity contribution is 5.95. The zero-order chi connectivity index (χ0) is 8.10.